The number of aromatic amines is 1. The quantitative estimate of drug-likeness (QED) is 0.563. The van der Waals surface area contributed by atoms with Crippen molar-refractivity contribution in [2.24, 2.45) is 0 Å². The van der Waals surface area contributed by atoms with Crippen LogP contribution in [-0.2, 0) is 6.54 Å². The molecule has 8 heteroatoms. The molecule has 4 aromatic rings. The normalized spacial score (nSPS) is 16.5. The van der Waals surface area contributed by atoms with E-state index in [1.165, 1.54) is 12.1 Å². The van der Waals surface area contributed by atoms with Crippen molar-refractivity contribution in [3.05, 3.63) is 77.1 Å². The molecule has 2 aromatic heterocycles. The van der Waals surface area contributed by atoms with Crippen LogP contribution in [0.25, 0.3) is 11.0 Å². The first-order chi connectivity index (χ1) is 14.6. The maximum absolute atomic E-state index is 13.1. The number of hydrogen-bond acceptors (Lipinski definition) is 4. The molecular weight excluding hydrogens is 383 g/mol. The third kappa shape index (κ3) is 3.45. The zero-order valence-corrected chi connectivity index (χ0v) is 16.5. The Morgan fingerprint density at radius 2 is 2.07 bits per heavy atom. The lowest BCUT2D eigenvalue weighted by atomic mass is 10.2. The second kappa shape index (κ2) is 7.37. The lowest BCUT2D eigenvalue weighted by Crippen LogP contribution is -2.31. The van der Waals surface area contributed by atoms with Crippen molar-refractivity contribution in [2.75, 3.05) is 6.54 Å². The Morgan fingerprint density at radius 1 is 1.23 bits per heavy atom. The molecule has 3 heterocycles. The summed E-state index contributed by atoms with van der Waals surface area (Å²) >= 11 is 0. The highest BCUT2D eigenvalue weighted by Gasteiger charge is 2.34. The second-order valence-corrected chi connectivity index (χ2v) is 7.73. The van der Waals surface area contributed by atoms with Gasteiger partial charge in [0.25, 0.3) is 5.91 Å². The molecule has 1 fully saturated rings. The molecule has 1 aliphatic heterocycles. The smallest absolute Gasteiger partial charge is 0.276 e. The molecule has 0 spiro atoms. The molecule has 5 rings (SSSR count). The first kappa shape index (κ1) is 18.5. The Bertz CT molecular complexity index is 1210. The molecule has 7 nitrogen and oxygen atoms in total. The molecule has 1 amide bonds. The molecule has 152 valence electrons. The standard InChI is InChI=1S/C22H21FN6O/c1-14-4-9-17-18(11-14)25-21(24-17)20-3-2-10-29(20)22(30)19-13-28(27-26-19)12-15-5-7-16(23)8-6-15/h4-9,11,13,20H,2-3,10,12H2,1H3,(H,24,25)/t20-/m1/s1. The molecule has 30 heavy (non-hydrogen) atoms. The van der Waals surface area contributed by atoms with Crippen LogP contribution >= 0.6 is 0 Å². The van der Waals surface area contributed by atoms with E-state index < -0.39 is 0 Å². The highest BCUT2D eigenvalue weighted by atomic mass is 19.1. The summed E-state index contributed by atoms with van der Waals surface area (Å²) < 4.78 is 14.7. The minimum absolute atomic E-state index is 0.104. The van der Waals surface area contributed by atoms with E-state index in [1.54, 1.807) is 23.0 Å². The van der Waals surface area contributed by atoms with E-state index >= 15 is 0 Å². The maximum Gasteiger partial charge on any atom is 0.276 e. The molecule has 1 saturated heterocycles. The third-order valence-corrected chi connectivity index (χ3v) is 5.50. The van der Waals surface area contributed by atoms with Crippen molar-refractivity contribution in [3.63, 3.8) is 0 Å². The fourth-order valence-electron chi connectivity index (χ4n) is 3.99. The van der Waals surface area contributed by atoms with E-state index in [-0.39, 0.29) is 17.8 Å². The van der Waals surface area contributed by atoms with Crippen LogP contribution < -0.4 is 0 Å². The molecule has 2 aromatic carbocycles. The minimum Gasteiger partial charge on any atom is -0.340 e. The second-order valence-electron chi connectivity index (χ2n) is 7.73. The molecule has 0 radical (unpaired) electrons. The molecule has 1 N–H and O–H groups in total. The average molecular weight is 404 g/mol. The van der Waals surface area contributed by atoms with Crippen LogP contribution in [0, 0.1) is 12.7 Å². The first-order valence-corrected chi connectivity index (χ1v) is 9.98. The van der Waals surface area contributed by atoms with Crippen LogP contribution in [0.15, 0.2) is 48.7 Å². The third-order valence-electron chi connectivity index (χ3n) is 5.50. The Morgan fingerprint density at radius 3 is 2.90 bits per heavy atom. The number of carbonyl (C=O) groups is 1. The summed E-state index contributed by atoms with van der Waals surface area (Å²) in [6, 6.07) is 12.2. The summed E-state index contributed by atoms with van der Waals surface area (Å²) in [5.41, 5.74) is 4.23. The summed E-state index contributed by atoms with van der Waals surface area (Å²) in [4.78, 5) is 23.0. The number of likely N-dealkylation sites (tertiary alicyclic amines) is 1. The number of nitrogens with one attached hydrogen (secondary N) is 1. The Labute approximate surface area is 172 Å². The van der Waals surface area contributed by atoms with E-state index in [0.29, 0.717) is 18.8 Å². The van der Waals surface area contributed by atoms with Gasteiger partial charge in [-0.05, 0) is 55.2 Å². The van der Waals surface area contributed by atoms with Gasteiger partial charge in [-0.1, -0.05) is 23.4 Å². The Kier molecular flexibility index (Phi) is 4.54. The van der Waals surface area contributed by atoms with Gasteiger partial charge in [-0.15, -0.1) is 5.10 Å². The van der Waals surface area contributed by atoms with Crippen LogP contribution in [0.1, 0.15) is 46.3 Å². The molecular formula is C22H21FN6O. The number of carbonyl (C=O) groups excluding carboxylic acids is 1. The summed E-state index contributed by atoms with van der Waals surface area (Å²) in [5, 5.41) is 8.14. The number of aromatic nitrogens is 5. The van der Waals surface area contributed by atoms with Crippen molar-refractivity contribution < 1.29 is 9.18 Å². The summed E-state index contributed by atoms with van der Waals surface area (Å²) in [7, 11) is 0. The number of aryl methyl sites for hydroxylation is 1. The number of nitrogens with zero attached hydrogens (tertiary/aromatic N) is 5. The van der Waals surface area contributed by atoms with Gasteiger partial charge >= 0.3 is 0 Å². The van der Waals surface area contributed by atoms with Crippen LogP contribution in [0.2, 0.25) is 0 Å². The van der Waals surface area contributed by atoms with Gasteiger partial charge < -0.3 is 9.88 Å². The van der Waals surface area contributed by atoms with Gasteiger partial charge in [0.1, 0.15) is 11.6 Å². The van der Waals surface area contributed by atoms with Crippen molar-refractivity contribution in [3.8, 4) is 0 Å². The first-order valence-electron chi connectivity index (χ1n) is 9.98. The number of fused-ring (bicyclic) bond motifs is 1. The molecule has 0 aliphatic carbocycles. The summed E-state index contributed by atoms with van der Waals surface area (Å²) in [5.74, 6) is 0.369. The van der Waals surface area contributed by atoms with Crippen molar-refractivity contribution in [1.29, 1.82) is 0 Å². The number of hydrogen-bond donors (Lipinski definition) is 1. The number of halogens is 1. The van der Waals surface area contributed by atoms with E-state index in [1.807, 2.05) is 24.0 Å². The van der Waals surface area contributed by atoms with E-state index in [4.69, 9.17) is 4.98 Å². The topological polar surface area (TPSA) is 79.7 Å². The lowest BCUT2D eigenvalue weighted by molar-refractivity contribution is 0.0724. The highest BCUT2D eigenvalue weighted by molar-refractivity contribution is 5.92. The zero-order valence-electron chi connectivity index (χ0n) is 16.5. The van der Waals surface area contributed by atoms with Crippen LogP contribution in [0.5, 0.6) is 0 Å². The van der Waals surface area contributed by atoms with E-state index in [9.17, 15) is 9.18 Å². The Balaban J connectivity index is 1.35. The van der Waals surface area contributed by atoms with Crippen molar-refractivity contribution in [2.45, 2.75) is 32.4 Å². The molecule has 1 atom stereocenters. The summed E-state index contributed by atoms with van der Waals surface area (Å²) in [6.45, 7) is 3.12. The van der Waals surface area contributed by atoms with Gasteiger partial charge in [0.15, 0.2) is 5.69 Å². The summed E-state index contributed by atoms with van der Waals surface area (Å²) in [6.07, 6.45) is 3.41. The number of amides is 1. The fraction of sp³-hybridized carbons (Fsp3) is 0.273. The van der Waals surface area contributed by atoms with Crippen LogP contribution in [-0.4, -0.2) is 42.3 Å². The van der Waals surface area contributed by atoms with Gasteiger partial charge in [-0.2, -0.15) is 0 Å². The van der Waals surface area contributed by atoms with Gasteiger partial charge in [0.2, 0.25) is 0 Å². The van der Waals surface area contributed by atoms with Crippen molar-refractivity contribution in [1.82, 2.24) is 29.9 Å². The van der Waals surface area contributed by atoms with Crippen LogP contribution in [0.4, 0.5) is 4.39 Å². The number of benzene rings is 2. The largest absolute Gasteiger partial charge is 0.340 e. The molecule has 0 bridgehead atoms. The zero-order chi connectivity index (χ0) is 20.7. The predicted molar refractivity (Wildman–Crippen MR) is 109 cm³/mol. The SMILES string of the molecule is Cc1ccc2nc([C@H]3CCCN3C(=O)c3cn(Cc4ccc(F)cc4)nn3)[nH]c2c1. The van der Waals surface area contributed by atoms with Gasteiger partial charge in [0.05, 0.1) is 29.8 Å². The number of rotatable bonds is 4. The molecule has 1 aliphatic rings. The lowest BCUT2D eigenvalue weighted by Gasteiger charge is -2.21. The van der Waals surface area contributed by atoms with E-state index in [2.05, 4.69) is 21.4 Å². The average Bonchev–Trinajstić information content (AvgIpc) is 3.47. The maximum atomic E-state index is 13.1. The Hall–Kier alpha value is -3.55. The number of imidazole rings is 1. The predicted octanol–water partition coefficient (Wildman–Crippen LogP) is 3.63. The number of H-pyrrole nitrogens is 1. The molecule has 0 saturated carbocycles. The van der Waals surface area contributed by atoms with Crippen molar-refractivity contribution >= 4 is 16.9 Å². The fourth-order valence-corrected chi connectivity index (χ4v) is 3.99. The monoisotopic (exact) mass is 404 g/mol. The van der Waals surface area contributed by atoms with E-state index in [0.717, 1.165) is 40.8 Å². The van der Waals surface area contributed by atoms with Gasteiger partial charge in [-0.25, -0.2) is 14.1 Å². The van der Waals surface area contributed by atoms with Gasteiger partial charge in [-0.3, -0.25) is 4.79 Å². The van der Waals surface area contributed by atoms with Crippen LogP contribution in [0.3, 0.4) is 0 Å². The molecule has 0 unspecified atom stereocenters. The minimum atomic E-state index is -0.283. The highest BCUT2D eigenvalue weighted by Crippen LogP contribution is 2.32. The van der Waals surface area contributed by atoms with Gasteiger partial charge in [0, 0.05) is 6.54 Å².